The van der Waals surface area contributed by atoms with Gasteiger partial charge >= 0.3 is 0 Å². The number of hydrogen-bond donors (Lipinski definition) is 1. The molecule has 1 amide bonds. The highest BCUT2D eigenvalue weighted by atomic mass is 32.2. The van der Waals surface area contributed by atoms with E-state index in [1.807, 2.05) is 65.6 Å². The van der Waals surface area contributed by atoms with Gasteiger partial charge < -0.3 is 4.90 Å². The minimum absolute atomic E-state index is 0.150. The molecule has 1 atom stereocenters. The van der Waals surface area contributed by atoms with Crippen molar-refractivity contribution in [2.75, 3.05) is 13.1 Å². The summed E-state index contributed by atoms with van der Waals surface area (Å²) >= 11 is 1.41. The molecule has 138 valence electrons. The summed E-state index contributed by atoms with van der Waals surface area (Å²) in [6, 6.07) is 19.8. The van der Waals surface area contributed by atoms with E-state index in [0.29, 0.717) is 5.16 Å². The number of nitrogens with one attached hydrogen (secondary N) is 1. The van der Waals surface area contributed by atoms with Crippen molar-refractivity contribution in [1.29, 1.82) is 0 Å². The second-order valence-corrected chi connectivity index (χ2v) is 7.70. The summed E-state index contributed by atoms with van der Waals surface area (Å²) in [4.78, 5) is 19.8. The zero-order chi connectivity index (χ0) is 18.5. The molecule has 6 heteroatoms. The van der Waals surface area contributed by atoms with Crippen molar-refractivity contribution in [3.63, 3.8) is 0 Å². The molecule has 4 rings (SSSR count). The molecule has 3 aromatic rings. The van der Waals surface area contributed by atoms with Crippen molar-refractivity contribution in [2.24, 2.45) is 0 Å². The molecule has 0 unspecified atom stereocenters. The Labute approximate surface area is 163 Å². The highest BCUT2D eigenvalue weighted by Gasteiger charge is 2.29. The van der Waals surface area contributed by atoms with Gasteiger partial charge in [-0.15, -0.1) is 5.10 Å². The Balaban J connectivity index is 1.58. The van der Waals surface area contributed by atoms with Crippen LogP contribution in [0.15, 0.2) is 65.8 Å². The Morgan fingerprint density at radius 2 is 1.63 bits per heavy atom. The lowest BCUT2D eigenvalue weighted by Crippen LogP contribution is -2.38. The molecule has 0 bridgehead atoms. The van der Waals surface area contributed by atoms with E-state index in [0.717, 1.165) is 42.9 Å². The average molecular weight is 379 g/mol. The molecule has 2 aromatic carbocycles. The molecule has 1 aliphatic heterocycles. The fourth-order valence-electron chi connectivity index (χ4n) is 3.30. The van der Waals surface area contributed by atoms with E-state index >= 15 is 0 Å². The lowest BCUT2D eigenvalue weighted by Gasteiger charge is -2.30. The highest BCUT2D eigenvalue weighted by molar-refractivity contribution is 8.00. The van der Waals surface area contributed by atoms with E-state index in [9.17, 15) is 4.79 Å². The van der Waals surface area contributed by atoms with Crippen molar-refractivity contribution in [3.8, 4) is 11.4 Å². The number of benzene rings is 2. The van der Waals surface area contributed by atoms with Gasteiger partial charge in [0, 0.05) is 18.7 Å². The summed E-state index contributed by atoms with van der Waals surface area (Å²) in [6.07, 6.45) is 3.36. The number of H-pyrrole nitrogens is 1. The molecule has 2 heterocycles. The number of rotatable bonds is 5. The maximum Gasteiger partial charge on any atom is 0.240 e. The Morgan fingerprint density at radius 3 is 2.33 bits per heavy atom. The lowest BCUT2D eigenvalue weighted by atomic mass is 10.1. The molecule has 5 nitrogen and oxygen atoms in total. The Hall–Kier alpha value is -2.60. The van der Waals surface area contributed by atoms with E-state index in [4.69, 9.17) is 0 Å². The predicted molar refractivity (Wildman–Crippen MR) is 107 cm³/mol. The van der Waals surface area contributed by atoms with Crippen molar-refractivity contribution in [3.05, 3.63) is 66.2 Å². The normalized spacial score (nSPS) is 15.5. The number of amides is 1. The van der Waals surface area contributed by atoms with E-state index in [1.54, 1.807) is 0 Å². The molecule has 1 saturated heterocycles. The van der Waals surface area contributed by atoms with Crippen molar-refractivity contribution >= 4 is 17.7 Å². The SMILES string of the molecule is O=C([C@H](Sc1n[nH]c(-c2ccccc2)n1)c1ccccc1)N1CCCCC1. The van der Waals surface area contributed by atoms with Crippen LogP contribution in [0.1, 0.15) is 30.1 Å². The van der Waals surface area contributed by atoms with Crippen LogP contribution >= 0.6 is 11.8 Å². The largest absolute Gasteiger partial charge is 0.341 e. The number of piperidine rings is 1. The second kappa shape index (κ2) is 8.39. The topological polar surface area (TPSA) is 61.9 Å². The van der Waals surface area contributed by atoms with Gasteiger partial charge in [0.1, 0.15) is 5.25 Å². The lowest BCUT2D eigenvalue weighted by molar-refractivity contribution is -0.131. The number of aromatic amines is 1. The van der Waals surface area contributed by atoms with Crippen molar-refractivity contribution < 1.29 is 4.79 Å². The molecule has 27 heavy (non-hydrogen) atoms. The van der Waals surface area contributed by atoms with Gasteiger partial charge in [0.15, 0.2) is 5.82 Å². The Morgan fingerprint density at radius 1 is 0.963 bits per heavy atom. The number of thioether (sulfide) groups is 1. The van der Waals surface area contributed by atoms with Crippen LogP contribution in [0.5, 0.6) is 0 Å². The first-order valence-corrected chi connectivity index (χ1v) is 10.2. The molecule has 0 saturated carbocycles. The van der Waals surface area contributed by atoms with E-state index in [1.165, 1.54) is 18.2 Å². The van der Waals surface area contributed by atoms with Crippen LogP contribution in [0.2, 0.25) is 0 Å². The van der Waals surface area contributed by atoms with Gasteiger partial charge in [-0.1, -0.05) is 72.4 Å². The molecule has 1 N–H and O–H groups in total. The molecule has 0 radical (unpaired) electrons. The number of likely N-dealkylation sites (tertiary alicyclic amines) is 1. The average Bonchev–Trinajstić information content (AvgIpc) is 3.22. The van der Waals surface area contributed by atoms with Gasteiger partial charge in [0.25, 0.3) is 0 Å². The standard InChI is InChI=1S/C21H22N4OS/c26-20(25-14-8-3-9-15-25)18(16-10-4-1-5-11-16)27-21-22-19(23-24-21)17-12-6-2-7-13-17/h1-2,4-7,10-13,18H,3,8-9,14-15H2,(H,22,23,24)/t18-/m1/s1. The van der Waals surface area contributed by atoms with Crippen LogP contribution in [0.3, 0.4) is 0 Å². The van der Waals surface area contributed by atoms with Crippen LogP contribution < -0.4 is 0 Å². The predicted octanol–water partition coefficient (Wildman–Crippen LogP) is 4.32. The van der Waals surface area contributed by atoms with E-state index in [-0.39, 0.29) is 11.2 Å². The van der Waals surface area contributed by atoms with Crippen LogP contribution in [-0.2, 0) is 4.79 Å². The van der Waals surface area contributed by atoms with E-state index in [2.05, 4.69) is 15.2 Å². The van der Waals surface area contributed by atoms with Gasteiger partial charge in [0.05, 0.1) is 0 Å². The third-order valence-corrected chi connectivity index (χ3v) is 5.83. The summed E-state index contributed by atoms with van der Waals surface area (Å²) < 4.78 is 0. The van der Waals surface area contributed by atoms with Crippen LogP contribution in [-0.4, -0.2) is 39.1 Å². The van der Waals surface area contributed by atoms with Gasteiger partial charge in [-0.05, 0) is 24.8 Å². The summed E-state index contributed by atoms with van der Waals surface area (Å²) in [7, 11) is 0. The summed E-state index contributed by atoms with van der Waals surface area (Å²) in [5.74, 6) is 0.868. The molecular weight excluding hydrogens is 356 g/mol. The molecule has 1 fully saturated rings. The van der Waals surface area contributed by atoms with E-state index < -0.39 is 0 Å². The highest BCUT2D eigenvalue weighted by Crippen LogP contribution is 2.36. The van der Waals surface area contributed by atoms with Crippen LogP contribution in [0, 0.1) is 0 Å². The van der Waals surface area contributed by atoms with Gasteiger partial charge in [0.2, 0.25) is 11.1 Å². The number of nitrogens with zero attached hydrogens (tertiary/aromatic N) is 3. The first kappa shape index (κ1) is 17.8. The fraction of sp³-hybridized carbons (Fsp3) is 0.286. The number of carbonyl (C=O) groups excluding carboxylic acids is 1. The fourth-order valence-corrected chi connectivity index (χ4v) is 4.29. The number of aromatic nitrogens is 3. The number of hydrogen-bond acceptors (Lipinski definition) is 4. The second-order valence-electron chi connectivity index (χ2n) is 6.63. The van der Waals surface area contributed by atoms with Crippen LogP contribution in [0.4, 0.5) is 0 Å². The maximum absolute atomic E-state index is 13.2. The Kier molecular flexibility index (Phi) is 5.53. The molecule has 0 aliphatic carbocycles. The van der Waals surface area contributed by atoms with Gasteiger partial charge in [-0.3, -0.25) is 9.89 Å². The maximum atomic E-state index is 13.2. The molecular formula is C21H22N4OS. The molecule has 0 spiro atoms. The third-order valence-electron chi connectivity index (χ3n) is 4.73. The monoisotopic (exact) mass is 378 g/mol. The van der Waals surface area contributed by atoms with Gasteiger partial charge in [-0.25, -0.2) is 4.98 Å². The minimum atomic E-state index is -0.330. The summed E-state index contributed by atoms with van der Waals surface area (Å²) in [5, 5.41) is 7.59. The summed E-state index contributed by atoms with van der Waals surface area (Å²) in [5.41, 5.74) is 1.97. The zero-order valence-electron chi connectivity index (χ0n) is 15.0. The first-order valence-electron chi connectivity index (χ1n) is 9.29. The number of carbonyl (C=O) groups is 1. The van der Waals surface area contributed by atoms with Crippen molar-refractivity contribution in [1.82, 2.24) is 20.1 Å². The first-order chi connectivity index (χ1) is 13.3. The van der Waals surface area contributed by atoms with Crippen LogP contribution in [0.25, 0.3) is 11.4 Å². The Bertz CT molecular complexity index is 875. The third kappa shape index (κ3) is 4.22. The van der Waals surface area contributed by atoms with Crippen molar-refractivity contribution in [2.45, 2.75) is 29.7 Å². The minimum Gasteiger partial charge on any atom is -0.341 e. The summed E-state index contributed by atoms with van der Waals surface area (Å²) in [6.45, 7) is 1.68. The van der Waals surface area contributed by atoms with Gasteiger partial charge in [-0.2, -0.15) is 0 Å². The quantitative estimate of drug-likeness (QED) is 0.672. The molecule has 1 aromatic heterocycles. The zero-order valence-corrected chi connectivity index (χ0v) is 15.9. The smallest absolute Gasteiger partial charge is 0.240 e. The molecule has 1 aliphatic rings.